The van der Waals surface area contributed by atoms with Gasteiger partial charge in [0.25, 0.3) is 0 Å². The van der Waals surface area contributed by atoms with Gasteiger partial charge in [0.2, 0.25) is 5.91 Å². The van der Waals surface area contributed by atoms with Crippen molar-refractivity contribution in [1.82, 2.24) is 14.9 Å². The van der Waals surface area contributed by atoms with Crippen LogP contribution in [0.2, 0.25) is 0 Å². The highest BCUT2D eigenvalue weighted by molar-refractivity contribution is 5.84. The number of fused-ring (bicyclic) bond motifs is 1. The molecule has 1 fully saturated rings. The minimum absolute atomic E-state index is 0.129. The number of aromatic nitrogens is 2. The maximum absolute atomic E-state index is 13.9. The van der Waals surface area contributed by atoms with E-state index in [1.165, 1.54) is 11.5 Å². The normalized spacial score (nSPS) is 16.3. The highest BCUT2D eigenvalue weighted by Gasteiger charge is 2.26. The number of rotatable bonds is 6. The topological polar surface area (TPSA) is 58.2 Å². The molecule has 4 aromatic rings. The van der Waals surface area contributed by atoms with Gasteiger partial charge in [-0.3, -0.25) is 9.78 Å². The van der Waals surface area contributed by atoms with Crippen molar-refractivity contribution in [2.45, 2.75) is 25.4 Å². The smallest absolute Gasteiger partial charge is 0.223 e. The molecule has 33 heavy (non-hydrogen) atoms. The van der Waals surface area contributed by atoms with E-state index in [1.54, 1.807) is 18.3 Å². The van der Waals surface area contributed by atoms with E-state index in [0.29, 0.717) is 44.5 Å². The van der Waals surface area contributed by atoms with Gasteiger partial charge in [-0.25, -0.2) is 4.39 Å². The quantitative estimate of drug-likeness (QED) is 0.465. The summed E-state index contributed by atoms with van der Waals surface area (Å²) in [5.41, 5.74) is 4.63. The molecule has 6 heteroatoms. The van der Waals surface area contributed by atoms with Gasteiger partial charge in [0, 0.05) is 42.7 Å². The van der Waals surface area contributed by atoms with Crippen LogP contribution in [-0.2, 0) is 22.4 Å². The van der Waals surface area contributed by atoms with Gasteiger partial charge in [0.05, 0.1) is 18.8 Å². The molecule has 1 aliphatic heterocycles. The summed E-state index contributed by atoms with van der Waals surface area (Å²) in [6.07, 6.45) is 5.16. The Morgan fingerprint density at radius 1 is 1.09 bits per heavy atom. The van der Waals surface area contributed by atoms with Crippen molar-refractivity contribution in [2.24, 2.45) is 0 Å². The Morgan fingerprint density at radius 2 is 1.94 bits per heavy atom. The van der Waals surface area contributed by atoms with Gasteiger partial charge >= 0.3 is 0 Å². The fourth-order valence-corrected chi connectivity index (χ4v) is 4.39. The van der Waals surface area contributed by atoms with Crippen molar-refractivity contribution in [1.29, 1.82) is 0 Å². The lowest BCUT2D eigenvalue weighted by Crippen LogP contribution is -2.42. The highest BCUT2D eigenvalue weighted by Crippen LogP contribution is 2.23. The fraction of sp³-hybridized carbons (Fsp3) is 0.259. The third-order valence-electron chi connectivity index (χ3n) is 6.23. The molecule has 1 saturated heterocycles. The molecule has 0 radical (unpaired) electrons. The predicted molar refractivity (Wildman–Crippen MR) is 125 cm³/mol. The fourth-order valence-electron chi connectivity index (χ4n) is 4.39. The molecule has 1 aliphatic rings. The minimum Gasteiger partial charge on any atom is -0.368 e. The number of para-hydroxylation sites is 1. The average Bonchev–Trinajstić information content (AvgIpc) is 3.28. The summed E-state index contributed by atoms with van der Waals surface area (Å²) < 4.78 is 19.8. The van der Waals surface area contributed by atoms with E-state index in [9.17, 15) is 9.18 Å². The van der Waals surface area contributed by atoms with Gasteiger partial charge < -0.3 is 14.6 Å². The van der Waals surface area contributed by atoms with Crippen molar-refractivity contribution in [3.05, 3.63) is 101 Å². The molecule has 0 saturated carbocycles. The number of H-pyrrole nitrogens is 1. The number of ether oxygens (including phenoxy) is 1. The van der Waals surface area contributed by atoms with Crippen LogP contribution in [0.4, 0.5) is 4.39 Å². The van der Waals surface area contributed by atoms with E-state index in [0.717, 1.165) is 22.3 Å². The van der Waals surface area contributed by atoms with Crippen LogP contribution in [0.1, 0.15) is 34.9 Å². The number of amides is 1. The van der Waals surface area contributed by atoms with Crippen LogP contribution in [0.15, 0.2) is 73.1 Å². The summed E-state index contributed by atoms with van der Waals surface area (Å²) in [6.45, 7) is 1.57. The lowest BCUT2D eigenvalue weighted by atomic mass is 10.0. The predicted octanol–water partition coefficient (Wildman–Crippen LogP) is 4.83. The highest BCUT2D eigenvalue weighted by atomic mass is 19.1. The van der Waals surface area contributed by atoms with E-state index in [1.807, 2.05) is 47.5 Å². The molecule has 5 nitrogen and oxygen atoms in total. The number of aryl methyl sites for hydroxylation is 1. The Hall–Kier alpha value is -3.51. The Bertz CT molecular complexity index is 1250. The molecule has 3 heterocycles. The van der Waals surface area contributed by atoms with Crippen LogP contribution in [0.3, 0.4) is 0 Å². The molecule has 5 rings (SSSR count). The number of hydrogen-bond acceptors (Lipinski definition) is 3. The van der Waals surface area contributed by atoms with E-state index >= 15 is 0 Å². The van der Waals surface area contributed by atoms with Crippen molar-refractivity contribution in [3.63, 3.8) is 0 Å². The SMILES string of the molecule is O=C(CCc1c[nH]c2ccccc12)N1CCOC(c2ccc(Cc3ccccc3F)cn2)C1. The zero-order chi connectivity index (χ0) is 22.6. The maximum atomic E-state index is 13.9. The summed E-state index contributed by atoms with van der Waals surface area (Å²) in [7, 11) is 0. The van der Waals surface area contributed by atoms with Gasteiger partial charge in [-0.2, -0.15) is 0 Å². The number of carbonyl (C=O) groups excluding carboxylic acids is 1. The number of hydrogen-bond donors (Lipinski definition) is 1. The second kappa shape index (κ2) is 9.55. The number of aromatic amines is 1. The van der Waals surface area contributed by atoms with Gasteiger partial charge in [-0.05, 0) is 41.3 Å². The number of pyridine rings is 1. The molecule has 1 unspecified atom stereocenters. The number of benzene rings is 2. The third-order valence-corrected chi connectivity index (χ3v) is 6.23. The van der Waals surface area contributed by atoms with Crippen LogP contribution in [-0.4, -0.2) is 40.5 Å². The summed E-state index contributed by atoms with van der Waals surface area (Å²) in [5.74, 6) is -0.0799. The first-order valence-corrected chi connectivity index (χ1v) is 11.3. The number of carbonyl (C=O) groups is 1. The molecule has 2 aromatic heterocycles. The maximum Gasteiger partial charge on any atom is 0.223 e. The molecule has 2 aromatic carbocycles. The first-order valence-electron chi connectivity index (χ1n) is 11.3. The van der Waals surface area contributed by atoms with E-state index in [4.69, 9.17) is 4.74 Å². The monoisotopic (exact) mass is 443 g/mol. The largest absolute Gasteiger partial charge is 0.368 e. The molecule has 0 spiro atoms. The third kappa shape index (κ3) is 4.81. The second-order valence-corrected chi connectivity index (χ2v) is 8.42. The lowest BCUT2D eigenvalue weighted by Gasteiger charge is -2.32. The Labute approximate surface area is 192 Å². The standard InChI is InChI=1S/C27H26FN3O2/c28-23-7-3-1-5-20(23)15-19-9-11-25(29-16-19)26-18-31(13-14-33-26)27(32)12-10-21-17-30-24-8-4-2-6-22(21)24/h1-9,11,16-17,26,30H,10,12-15,18H2. The Morgan fingerprint density at radius 3 is 2.79 bits per heavy atom. The lowest BCUT2D eigenvalue weighted by molar-refractivity contribution is -0.139. The number of halogens is 1. The van der Waals surface area contributed by atoms with Crippen molar-refractivity contribution in [2.75, 3.05) is 19.7 Å². The summed E-state index contributed by atoms with van der Waals surface area (Å²) in [4.78, 5) is 22.6. The van der Waals surface area contributed by atoms with Gasteiger partial charge in [0.1, 0.15) is 11.9 Å². The molecule has 1 N–H and O–H groups in total. The van der Waals surface area contributed by atoms with Crippen LogP contribution in [0, 0.1) is 5.82 Å². The zero-order valence-electron chi connectivity index (χ0n) is 18.3. The molecule has 1 atom stereocenters. The van der Waals surface area contributed by atoms with Crippen LogP contribution in [0.5, 0.6) is 0 Å². The first kappa shape index (κ1) is 21.3. The summed E-state index contributed by atoms with van der Waals surface area (Å²) >= 11 is 0. The molecular weight excluding hydrogens is 417 g/mol. The van der Waals surface area contributed by atoms with E-state index in [2.05, 4.69) is 16.0 Å². The van der Waals surface area contributed by atoms with Crippen molar-refractivity contribution >= 4 is 16.8 Å². The Kier molecular flexibility index (Phi) is 6.17. The first-order chi connectivity index (χ1) is 16.2. The number of nitrogens with one attached hydrogen (secondary N) is 1. The zero-order valence-corrected chi connectivity index (χ0v) is 18.3. The summed E-state index contributed by atoms with van der Waals surface area (Å²) in [5, 5.41) is 1.17. The molecular formula is C27H26FN3O2. The van der Waals surface area contributed by atoms with Gasteiger partial charge in [-0.1, -0.05) is 42.5 Å². The van der Waals surface area contributed by atoms with Crippen LogP contribution < -0.4 is 0 Å². The average molecular weight is 444 g/mol. The van der Waals surface area contributed by atoms with E-state index in [-0.39, 0.29) is 17.8 Å². The molecule has 168 valence electrons. The Balaban J connectivity index is 1.19. The molecule has 0 aliphatic carbocycles. The van der Waals surface area contributed by atoms with Crippen LogP contribution in [0.25, 0.3) is 10.9 Å². The molecule has 0 bridgehead atoms. The van der Waals surface area contributed by atoms with Crippen molar-refractivity contribution in [3.8, 4) is 0 Å². The van der Waals surface area contributed by atoms with E-state index < -0.39 is 0 Å². The van der Waals surface area contributed by atoms with Crippen LogP contribution >= 0.6 is 0 Å². The number of nitrogens with zero attached hydrogens (tertiary/aromatic N) is 2. The van der Waals surface area contributed by atoms with Crippen molar-refractivity contribution < 1.29 is 13.9 Å². The second-order valence-electron chi connectivity index (χ2n) is 8.42. The minimum atomic E-state index is -0.252. The van der Waals surface area contributed by atoms with Gasteiger partial charge in [0.15, 0.2) is 0 Å². The molecule has 1 amide bonds. The number of morpholine rings is 1. The van der Waals surface area contributed by atoms with Gasteiger partial charge in [-0.15, -0.1) is 0 Å². The summed E-state index contributed by atoms with van der Waals surface area (Å²) in [6, 6.07) is 18.8.